The molecule has 1 atom stereocenters. The molecule has 2 aliphatic rings. The van der Waals surface area contributed by atoms with E-state index in [0.29, 0.717) is 0 Å². The Labute approximate surface area is 114 Å². The minimum absolute atomic E-state index is 0.0953. The van der Waals surface area contributed by atoms with Crippen molar-refractivity contribution < 1.29 is 0 Å². The van der Waals surface area contributed by atoms with Crippen LogP contribution in [0, 0.1) is 5.92 Å². The third kappa shape index (κ3) is 2.23. The van der Waals surface area contributed by atoms with Crippen LogP contribution in [-0.4, -0.2) is 4.98 Å². The Bertz CT molecular complexity index is 418. The van der Waals surface area contributed by atoms with Crippen molar-refractivity contribution in [2.24, 2.45) is 11.7 Å². The van der Waals surface area contributed by atoms with Gasteiger partial charge in [-0.05, 0) is 38.0 Å². The van der Waals surface area contributed by atoms with E-state index in [-0.39, 0.29) is 5.54 Å². The third-order valence-corrected chi connectivity index (χ3v) is 6.13. The summed E-state index contributed by atoms with van der Waals surface area (Å²) < 4.78 is 0. The van der Waals surface area contributed by atoms with Crippen LogP contribution < -0.4 is 5.73 Å². The Balaban J connectivity index is 1.84. The molecular weight excluding hydrogens is 240 g/mol. The van der Waals surface area contributed by atoms with Crippen LogP contribution in [0.15, 0.2) is 0 Å². The van der Waals surface area contributed by atoms with Crippen LogP contribution >= 0.6 is 11.3 Å². The van der Waals surface area contributed by atoms with Crippen molar-refractivity contribution in [3.05, 3.63) is 15.6 Å². The average molecular weight is 264 g/mol. The van der Waals surface area contributed by atoms with Crippen molar-refractivity contribution in [3.8, 4) is 0 Å². The maximum atomic E-state index is 6.61. The molecule has 0 bridgehead atoms. The van der Waals surface area contributed by atoms with E-state index in [1.165, 1.54) is 55.6 Å². The summed E-state index contributed by atoms with van der Waals surface area (Å²) in [5.74, 6) is 0.880. The quantitative estimate of drug-likeness (QED) is 0.883. The SMILES string of the molecule is CCC1CCc2nc(C3(N)CCCCC3)sc2C1. The molecule has 0 saturated heterocycles. The summed E-state index contributed by atoms with van der Waals surface area (Å²) >= 11 is 1.92. The van der Waals surface area contributed by atoms with Gasteiger partial charge in [0.05, 0.1) is 11.2 Å². The fraction of sp³-hybridized carbons (Fsp3) is 0.800. The Hall–Kier alpha value is -0.410. The van der Waals surface area contributed by atoms with Crippen LogP contribution in [0.1, 0.15) is 67.4 Å². The number of rotatable bonds is 2. The lowest BCUT2D eigenvalue weighted by Gasteiger charge is -2.31. The molecule has 2 aliphatic carbocycles. The largest absolute Gasteiger partial charge is 0.319 e. The van der Waals surface area contributed by atoms with Gasteiger partial charge in [0.25, 0.3) is 0 Å². The molecule has 3 rings (SSSR count). The van der Waals surface area contributed by atoms with Crippen LogP contribution in [0.2, 0.25) is 0 Å². The molecule has 2 N–H and O–H groups in total. The van der Waals surface area contributed by atoms with Gasteiger partial charge in [0.2, 0.25) is 0 Å². The molecule has 1 unspecified atom stereocenters. The molecule has 0 aliphatic heterocycles. The van der Waals surface area contributed by atoms with Crippen LogP contribution in [-0.2, 0) is 18.4 Å². The van der Waals surface area contributed by atoms with Gasteiger partial charge in [0.15, 0.2) is 0 Å². The zero-order valence-electron chi connectivity index (χ0n) is 11.4. The van der Waals surface area contributed by atoms with Gasteiger partial charge in [-0.25, -0.2) is 4.98 Å². The monoisotopic (exact) mass is 264 g/mol. The number of hydrogen-bond acceptors (Lipinski definition) is 3. The van der Waals surface area contributed by atoms with Crippen LogP contribution in [0.3, 0.4) is 0 Å². The second-order valence-corrected chi connectivity index (χ2v) is 7.21. The predicted molar refractivity (Wildman–Crippen MR) is 76.9 cm³/mol. The summed E-state index contributed by atoms with van der Waals surface area (Å²) in [7, 11) is 0. The van der Waals surface area contributed by atoms with Gasteiger partial charge in [-0.3, -0.25) is 0 Å². The van der Waals surface area contributed by atoms with E-state index in [0.717, 1.165) is 18.8 Å². The Kier molecular flexibility index (Phi) is 3.46. The van der Waals surface area contributed by atoms with Gasteiger partial charge >= 0.3 is 0 Å². The Morgan fingerprint density at radius 2 is 2.11 bits per heavy atom. The Morgan fingerprint density at radius 1 is 1.33 bits per heavy atom. The molecule has 1 heterocycles. The van der Waals surface area contributed by atoms with E-state index in [1.807, 2.05) is 11.3 Å². The van der Waals surface area contributed by atoms with E-state index in [1.54, 1.807) is 4.88 Å². The molecule has 0 aromatic carbocycles. The van der Waals surface area contributed by atoms with Gasteiger partial charge in [-0.2, -0.15) is 0 Å². The lowest BCUT2D eigenvalue weighted by molar-refractivity contribution is 0.301. The topological polar surface area (TPSA) is 38.9 Å². The number of nitrogens with two attached hydrogens (primary N) is 1. The van der Waals surface area contributed by atoms with Gasteiger partial charge in [-0.15, -0.1) is 11.3 Å². The van der Waals surface area contributed by atoms with Crippen molar-refractivity contribution in [2.45, 2.75) is 70.3 Å². The van der Waals surface area contributed by atoms with Crippen molar-refractivity contribution in [1.29, 1.82) is 0 Å². The van der Waals surface area contributed by atoms with Crippen molar-refractivity contribution in [3.63, 3.8) is 0 Å². The summed E-state index contributed by atoms with van der Waals surface area (Å²) in [5, 5.41) is 1.24. The first-order chi connectivity index (χ1) is 8.71. The van der Waals surface area contributed by atoms with E-state index in [9.17, 15) is 0 Å². The lowest BCUT2D eigenvalue weighted by atomic mass is 9.83. The molecule has 0 spiro atoms. The first-order valence-electron chi connectivity index (χ1n) is 7.49. The minimum Gasteiger partial charge on any atom is -0.319 e. The summed E-state index contributed by atoms with van der Waals surface area (Å²) in [4.78, 5) is 6.45. The number of aromatic nitrogens is 1. The van der Waals surface area contributed by atoms with Gasteiger partial charge in [0.1, 0.15) is 5.01 Å². The molecule has 18 heavy (non-hydrogen) atoms. The molecule has 1 aromatic rings. The van der Waals surface area contributed by atoms with Crippen LogP contribution in [0.5, 0.6) is 0 Å². The molecule has 100 valence electrons. The molecule has 3 heteroatoms. The third-order valence-electron chi connectivity index (χ3n) is 4.79. The molecule has 0 radical (unpaired) electrons. The highest BCUT2D eigenvalue weighted by Crippen LogP contribution is 2.40. The van der Waals surface area contributed by atoms with Crippen molar-refractivity contribution in [1.82, 2.24) is 4.98 Å². The standard InChI is InChI=1S/C15H24N2S/c1-2-11-6-7-12-13(10-11)18-14(17-12)15(16)8-4-3-5-9-15/h11H,2-10,16H2,1H3. The van der Waals surface area contributed by atoms with Gasteiger partial charge in [-0.1, -0.05) is 32.6 Å². The second-order valence-electron chi connectivity index (χ2n) is 6.12. The van der Waals surface area contributed by atoms with E-state index in [2.05, 4.69) is 6.92 Å². The zero-order chi connectivity index (χ0) is 12.6. The average Bonchev–Trinajstić information content (AvgIpc) is 2.83. The summed E-state index contributed by atoms with van der Waals surface area (Å²) in [6, 6.07) is 0. The maximum Gasteiger partial charge on any atom is 0.113 e. The molecule has 0 amide bonds. The highest BCUT2D eigenvalue weighted by atomic mass is 32.1. The Morgan fingerprint density at radius 3 is 2.83 bits per heavy atom. The van der Waals surface area contributed by atoms with Crippen molar-refractivity contribution in [2.75, 3.05) is 0 Å². The molecular formula is C15H24N2S. The maximum absolute atomic E-state index is 6.61. The molecule has 2 nitrogen and oxygen atoms in total. The zero-order valence-corrected chi connectivity index (χ0v) is 12.2. The highest BCUT2D eigenvalue weighted by molar-refractivity contribution is 7.11. The second kappa shape index (κ2) is 4.93. The fourth-order valence-corrected chi connectivity index (χ4v) is 4.78. The highest BCUT2D eigenvalue weighted by Gasteiger charge is 2.34. The lowest BCUT2D eigenvalue weighted by Crippen LogP contribution is -2.38. The number of aryl methyl sites for hydroxylation is 1. The smallest absolute Gasteiger partial charge is 0.113 e. The normalized spacial score (nSPS) is 26.9. The van der Waals surface area contributed by atoms with Gasteiger partial charge < -0.3 is 5.73 Å². The summed E-state index contributed by atoms with van der Waals surface area (Å²) in [6.07, 6.45) is 11.2. The number of fused-ring (bicyclic) bond motifs is 1. The number of thiazole rings is 1. The van der Waals surface area contributed by atoms with E-state index in [4.69, 9.17) is 10.7 Å². The van der Waals surface area contributed by atoms with E-state index < -0.39 is 0 Å². The fourth-order valence-electron chi connectivity index (χ4n) is 3.40. The van der Waals surface area contributed by atoms with Crippen LogP contribution in [0.4, 0.5) is 0 Å². The summed E-state index contributed by atoms with van der Waals surface area (Å²) in [5.41, 5.74) is 7.88. The number of hydrogen-bond donors (Lipinski definition) is 1. The van der Waals surface area contributed by atoms with Crippen molar-refractivity contribution >= 4 is 11.3 Å². The molecule has 1 fully saturated rings. The molecule has 1 aromatic heterocycles. The first-order valence-corrected chi connectivity index (χ1v) is 8.31. The minimum atomic E-state index is -0.0953. The van der Waals surface area contributed by atoms with Gasteiger partial charge in [0, 0.05) is 4.88 Å². The first kappa shape index (κ1) is 12.6. The number of nitrogens with zero attached hydrogens (tertiary/aromatic N) is 1. The molecule has 1 saturated carbocycles. The summed E-state index contributed by atoms with van der Waals surface area (Å²) in [6.45, 7) is 2.31. The van der Waals surface area contributed by atoms with E-state index >= 15 is 0 Å². The van der Waals surface area contributed by atoms with Crippen LogP contribution in [0.25, 0.3) is 0 Å². The predicted octanol–water partition coefficient (Wildman–Crippen LogP) is 3.78.